The Morgan fingerprint density at radius 1 is 1.04 bits per heavy atom. The topological polar surface area (TPSA) is 48.7 Å². The molecule has 1 aliphatic heterocycles. The molecule has 2 heterocycles. The molecule has 0 radical (unpaired) electrons. The van der Waals surface area contributed by atoms with Crippen LogP contribution >= 0.6 is 0 Å². The summed E-state index contributed by atoms with van der Waals surface area (Å²) in [5, 5.41) is 3.95. The maximum absolute atomic E-state index is 12.7. The van der Waals surface area contributed by atoms with Crippen LogP contribution in [-0.4, -0.2) is 43.5 Å². The van der Waals surface area contributed by atoms with Crippen LogP contribution in [0.2, 0.25) is 0 Å². The number of amides is 1. The Hall–Kier alpha value is -2.79. The zero-order valence-electron chi connectivity index (χ0n) is 14.9. The van der Waals surface area contributed by atoms with Crippen LogP contribution in [0.1, 0.15) is 17.5 Å². The van der Waals surface area contributed by atoms with Gasteiger partial charge in [0, 0.05) is 31.6 Å². The Labute approximate surface area is 153 Å². The molecule has 2 aromatic carbocycles. The number of carbonyl (C=O) groups is 1. The van der Waals surface area contributed by atoms with Gasteiger partial charge in [-0.2, -0.15) is 0 Å². The first-order valence-corrected chi connectivity index (χ1v) is 9.11. The van der Waals surface area contributed by atoms with Gasteiger partial charge in [0.2, 0.25) is 0 Å². The molecule has 1 aromatic heterocycles. The van der Waals surface area contributed by atoms with Gasteiger partial charge in [-0.05, 0) is 30.8 Å². The predicted octanol–water partition coefficient (Wildman–Crippen LogP) is 3.83. The standard InChI is InChI=1S/C21H23N3O2/c1-2-23-11-13-24(14-12-23)18-9-5-4-8-17(18)22-21(25)20-15-16-7-3-6-10-19(16)26-20/h3-10,15H,2,11-14H2,1H3,(H,22,25). The molecule has 0 unspecified atom stereocenters. The van der Waals surface area contributed by atoms with Gasteiger partial charge in [0.25, 0.3) is 5.91 Å². The second-order valence-electron chi connectivity index (χ2n) is 6.54. The number of benzene rings is 2. The molecule has 0 aliphatic carbocycles. The third-order valence-corrected chi connectivity index (χ3v) is 4.96. The van der Waals surface area contributed by atoms with Crippen LogP contribution in [0, 0.1) is 0 Å². The van der Waals surface area contributed by atoms with Gasteiger partial charge >= 0.3 is 0 Å². The summed E-state index contributed by atoms with van der Waals surface area (Å²) in [5.41, 5.74) is 2.61. The van der Waals surface area contributed by atoms with Crippen LogP contribution in [0.25, 0.3) is 11.0 Å². The summed E-state index contributed by atoms with van der Waals surface area (Å²) in [5.74, 6) is 0.109. The van der Waals surface area contributed by atoms with Crippen molar-refractivity contribution in [2.24, 2.45) is 0 Å². The molecule has 1 saturated heterocycles. The number of para-hydroxylation sites is 3. The molecule has 4 rings (SSSR count). The first-order valence-electron chi connectivity index (χ1n) is 9.11. The van der Waals surface area contributed by atoms with Crippen molar-refractivity contribution in [2.75, 3.05) is 42.9 Å². The van der Waals surface area contributed by atoms with Gasteiger partial charge in [0.05, 0.1) is 11.4 Å². The number of hydrogen-bond acceptors (Lipinski definition) is 4. The predicted molar refractivity (Wildman–Crippen MR) is 105 cm³/mol. The second kappa shape index (κ2) is 7.22. The quantitative estimate of drug-likeness (QED) is 0.778. The number of hydrogen-bond donors (Lipinski definition) is 1. The van der Waals surface area contributed by atoms with E-state index >= 15 is 0 Å². The smallest absolute Gasteiger partial charge is 0.291 e. The highest BCUT2D eigenvalue weighted by atomic mass is 16.3. The highest BCUT2D eigenvalue weighted by Gasteiger charge is 2.20. The van der Waals surface area contributed by atoms with E-state index in [9.17, 15) is 4.79 Å². The van der Waals surface area contributed by atoms with Crippen molar-refractivity contribution in [1.29, 1.82) is 0 Å². The number of fused-ring (bicyclic) bond motifs is 1. The number of nitrogens with one attached hydrogen (secondary N) is 1. The lowest BCUT2D eigenvalue weighted by atomic mass is 10.2. The van der Waals surface area contributed by atoms with Crippen LogP contribution in [0.3, 0.4) is 0 Å². The van der Waals surface area contributed by atoms with Crippen molar-refractivity contribution in [3.8, 4) is 0 Å². The van der Waals surface area contributed by atoms with Crippen LogP contribution in [0.15, 0.2) is 59.0 Å². The third-order valence-electron chi connectivity index (χ3n) is 4.96. The zero-order valence-corrected chi connectivity index (χ0v) is 14.9. The molecule has 1 aliphatic rings. The lowest BCUT2D eigenvalue weighted by Gasteiger charge is -2.36. The molecule has 0 saturated carbocycles. The van der Waals surface area contributed by atoms with Gasteiger partial charge in [0.1, 0.15) is 5.58 Å². The lowest BCUT2D eigenvalue weighted by molar-refractivity contribution is 0.0998. The zero-order chi connectivity index (χ0) is 17.9. The molecule has 1 amide bonds. The number of likely N-dealkylation sites (N-methyl/N-ethyl adjacent to an activating group) is 1. The SMILES string of the molecule is CCN1CCN(c2ccccc2NC(=O)c2cc3ccccc3o2)CC1. The van der Waals surface area contributed by atoms with E-state index in [1.165, 1.54) is 0 Å². The molecule has 3 aromatic rings. The van der Waals surface area contributed by atoms with Crippen LogP contribution in [0.4, 0.5) is 11.4 Å². The van der Waals surface area contributed by atoms with Crippen molar-refractivity contribution in [3.63, 3.8) is 0 Å². The van der Waals surface area contributed by atoms with Crippen molar-refractivity contribution >= 4 is 28.3 Å². The molecule has 5 nitrogen and oxygen atoms in total. The van der Waals surface area contributed by atoms with Crippen molar-refractivity contribution in [3.05, 3.63) is 60.4 Å². The summed E-state index contributed by atoms with van der Waals surface area (Å²) in [4.78, 5) is 17.5. The van der Waals surface area contributed by atoms with Crippen LogP contribution in [0.5, 0.6) is 0 Å². The van der Waals surface area contributed by atoms with E-state index in [0.29, 0.717) is 5.76 Å². The average molecular weight is 349 g/mol. The number of carbonyl (C=O) groups excluding carboxylic acids is 1. The van der Waals surface area contributed by atoms with Crippen molar-refractivity contribution in [1.82, 2.24) is 4.90 Å². The number of furan rings is 1. The Balaban J connectivity index is 1.54. The van der Waals surface area contributed by atoms with E-state index < -0.39 is 0 Å². The van der Waals surface area contributed by atoms with E-state index in [1.54, 1.807) is 6.07 Å². The fourth-order valence-electron chi connectivity index (χ4n) is 3.44. The Kier molecular flexibility index (Phi) is 4.63. The summed E-state index contributed by atoms with van der Waals surface area (Å²) in [6, 6.07) is 17.4. The van der Waals surface area contributed by atoms with Crippen LogP contribution in [-0.2, 0) is 0 Å². The highest BCUT2D eigenvalue weighted by Crippen LogP contribution is 2.28. The molecule has 1 fully saturated rings. The van der Waals surface area contributed by atoms with E-state index in [-0.39, 0.29) is 5.91 Å². The van der Waals surface area contributed by atoms with Gasteiger partial charge < -0.3 is 19.5 Å². The summed E-state index contributed by atoms with van der Waals surface area (Å²) < 4.78 is 5.68. The first-order chi connectivity index (χ1) is 12.7. The Morgan fingerprint density at radius 3 is 2.54 bits per heavy atom. The van der Waals surface area contributed by atoms with Gasteiger partial charge in [-0.15, -0.1) is 0 Å². The highest BCUT2D eigenvalue weighted by molar-refractivity contribution is 6.06. The first kappa shape index (κ1) is 16.7. The van der Waals surface area contributed by atoms with Crippen molar-refractivity contribution < 1.29 is 9.21 Å². The summed E-state index contributed by atoms with van der Waals surface area (Å²) in [6.07, 6.45) is 0. The van der Waals surface area contributed by atoms with E-state index in [2.05, 4.69) is 28.1 Å². The number of anilines is 2. The maximum atomic E-state index is 12.7. The molecule has 26 heavy (non-hydrogen) atoms. The molecule has 5 heteroatoms. The van der Waals surface area contributed by atoms with E-state index in [4.69, 9.17) is 4.42 Å². The molecular formula is C21H23N3O2. The lowest BCUT2D eigenvalue weighted by Crippen LogP contribution is -2.46. The Bertz CT molecular complexity index is 877. The second-order valence-corrected chi connectivity index (χ2v) is 6.54. The number of piperazine rings is 1. The van der Waals surface area contributed by atoms with Gasteiger partial charge in [-0.1, -0.05) is 37.3 Å². The largest absolute Gasteiger partial charge is 0.451 e. The molecule has 0 atom stereocenters. The number of rotatable bonds is 4. The molecule has 1 N–H and O–H groups in total. The van der Waals surface area contributed by atoms with Crippen LogP contribution < -0.4 is 10.2 Å². The fraction of sp³-hybridized carbons (Fsp3) is 0.286. The summed E-state index contributed by atoms with van der Waals surface area (Å²) in [7, 11) is 0. The van der Waals surface area contributed by atoms with Gasteiger partial charge in [0.15, 0.2) is 5.76 Å². The van der Waals surface area contributed by atoms with E-state index in [0.717, 1.165) is 55.1 Å². The maximum Gasteiger partial charge on any atom is 0.291 e. The minimum absolute atomic E-state index is 0.221. The normalized spacial score (nSPS) is 15.3. The summed E-state index contributed by atoms with van der Waals surface area (Å²) >= 11 is 0. The monoisotopic (exact) mass is 349 g/mol. The molecule has 0 bridgehead atoms. The average Bonchev–Trinajstić information content (AvgIpc) is 3.13. The van der Waals surface area contributed by atoms with Crippen molar-refractivity contribution in [2.45, 2.75) is 6.92 Å². The Morgan fingerprint density at radius 2 is 1.77 bits per heavy atom. The van der Waals surface area contributed by atoms with Gasteiger partial charge in [-0.3, -0.25) is 4.79 Å². The molecular weight excluding hydrogens is 326 g/mol. The fourth-order valence-corrected chi connectivity index (χ4v) is 3.44. The third kappa shape index (κ3) is 3.30. The summed E-state index contributed by atoms with van der Waals surface area (Å²) in [6.45, 7) is 7.29. The number of nitrogens with zero attached hydrogens (tertiary/aromatic N) is 2. The minimum atomic E-state index is -0.221. The van der Waals surface area contributed by atoms with E-state index in [1.807, 2.05) is 42.5 Å². The molecule has 134 valence electrons. The van der Waals surface area contributed by atoms with Gasteiger partial charge in [-0.25, -0.2) is 0 Å². The minimum Gasteiger partial charge on any atom is -0.451 e. The molecule has 0 spiro atoms.